The first-order valence-corrected chi connectivity index (χ1v) is 8.07. The van der Waals surface area contributed by atoms with Crippen LogP contribution in [0.3, 0.4) is 0 Å². The molecule has 6 nitrogen and oxygen atoms in total. The summed E-state index contributed by atoms with van der Waals surface area (Å²) in [5.41, 5.74) is 8.76. The van der Waals surface area contributed by atoms with Gasteiger partial charge in [-0.1, -0.05) is 18.2 Å². The lowest BCUT2D eigenvalue weighted by atomic mass is 10.2. The molecule has 0 fully saturated rings. The fourth-order valence-corrected chi connectivity index (χ4v) is 2.57. The molecule has 0 saturated carbocycles. The topological polar surface area (TPSA) is 76.3 Å². The van der Waals surface area contributed by atoms with E-state index in [9.17, 15) is 0 Å². The maximum Gasteiger partial charge on any atom is 0.161 e. The van der Waals surface area contributed by atoms with Crippen molar-refractivity contribution in [3.05, 3.63) is 60.9 Å². The normalized spacial score (nSPS) is 10.3. The van der Waals surface area contributed by atoms with Crippen LogP contribution in [0.15, 0.2) is 60.9 Å². The second kappa shape index (κ2) is 7.53. The highest BCUT2D eigenvalue weighted by atomic mass is 16.5. The van der Waals surface area contributed by atoms with Gasteiger partial charge in [-0.05, 0) is 43.3 Å². The maximum absolute atomic E-state index is 6.35. The number of benzene rings is 2. The van der Waals surface area contributed by atoms with Crippen LogP contribution in [-0.4, -0.2) is 23.6 Å². The molecule has 0 radical (unpaired) electrons. The first kappa shape index (κ1) is 16.6. The Morgan fingerprint density at radius 1 is 1.04 bits per heavy atom. The third-order valence-electron chi connectivity index (χ3n) is 3.86. The summed E-state index contributed by atoms with van der Waals surface area (Å²) in [4.78, 5) is 10.7. The minimum Gasteiger partial charge on any atom is -0.497 e. The Kier molecular flexibility index (Phi) is 4.99. The molecule has 2 aromatic carbocycles. The van der Waals surface area contributed by atoms with Crippen LogP contribution < -0.4 is 20.7 Å². The Hall–Kier alpha value is -3.28. The van der Waals surface area contributed by atoms with Gasteiger partial charge < -0.3 is 20.7 Å². The predicted molar refractivity (Wildman–Crippen MR) is 102 cm³/mol. The highest BCUT2D eigenvalue weighted by Crippen LogP contribution is 2.32. The molecule has 25 heavy (non-hydrogen) atoms. The van der Waals surface area contributed by atoms with Crippen molar-refractivity contribution >= 4 is 28.7 Å². The Morgan fingerprint density at radius 3 is 2.40 bits per heavy atom. The van der Waals surface area contributed by atoms with Gasteiger partial charge in [0.1, 0.15) is 17.8 Å². The number of nitrogens with two attached hydrogens (primary N) is 1. The molecule has 1 aromatic heterocycles. The lowest BCUT2D eigenvalue weighted by Crippen LogP contribution is -2.19. The van der Waals surface area contributed by atoms with Crippen molar-refractivity contribution in [2.24, 2.45) is 0 Å². The maximum atomic E-state index is 6.35. The predicted octanol–water partition coefficient (Wildman–Crippen LogP) is 3.97. The number of hydrogen-bond donors (Lipinski definition) is 2. The minimum atomic E-state index is 0.504. The monoisotopic (exact) mass is 335 g/mol. The summed E-state index contributed by atoms with van der Waals surface area (Å²) in [5, 5.41) is 3.24. The summed E-state index contributed by atoms with van der Waals surface area (Å²) < 4.78 is 5.17. The number of para-hydroxylation sites is 1. The molecule has 0 amide bonds. The van der Waals surface area contributed by atoms with Crippen LogP contribution in [0.2, 0.25) is 0 Å². The molecule has 0 saturated heterocycles. The van der Waals surface area contributed by atoms with Gasteiger partial charge in [0.05, 0.1) is 7.11 Å². The van der Waals surface area contributed by atoms with Crippen molar-refractivity contribution < 1.29 is 4.74 Å². The summed E-state index contributed by atoms with van der Waals surface area (Å²) in [6, 6.07) is 17.6. The van der Waals surface area contributed by atoms with Gasteiger partial charge in [-0.15, -0.1) is 0 Å². The van der Waals surface area contributed by atoms with E-state index in [1.54, 1.807) is 7.11 Å². The molecule has 0 bridgehead atoms. The third kappa shape index (κ3) is 3.63. The van der Waals surface area contributed by atoms with Crippen LogP contribution in [0.5, 0.6) is 5.75 Å². The fourth-order valence-electron chi connectivity index (χ4n) is 2.57. The van der Waals surface area contributed by atoms with Crippen molar-refractivity contribution in [1.82, 2.24) is 9.97 Å². The molecule has 3 N–H and O–H groups in total. The summed E-state index contributed by atoms with van der Waals surface area (Å²) >= 11 is 0. The molecular formula is C19H21N5O. The Labute approximate surface area is 147 Å². The standard InChI is InChI=1S/C19H21N5O/c1-3-24(15-7-5-4-6-8-15)19-17(20)18(21-13-22-19)23-14-9-11-16(25-2)12-10-14/h4-13H,3,20H2,1-2H3,(H,21,22,23). The van der Waals surface area contributed by atoms with Crippen LogP contribution >= 0.6 is 0 Å². The van der Waals surface area contributed by atoms with Gasteiger partial charge >= 0.3 is 0 Å². The number of hydrogen-bond acceptors (Lipinski definition) is 6. The van der Waals surface area contributed by atoms with Crippen LogP contribution in [0.25, 0.3) is 0 Å². The van der Waals surface area contributed by atoms with Gasteiger partial charge in [0.25, 0.3) is 0 Å². The Balaban J connectivity index is 1.91. The average molecular weight is 335 g/mol. The number of nitrogens with one attached hydrogen (secondary N) is 1. The zero-order valence-electron chi connectivity index (χ0n) is 14.3. The molecule has 0 spiro atoms. The zero-order chi connectivity index (χ0) is 17.6. The SMILES string of the molecule is CCN(c1ccccc1)c1ncnc(Nc2ccc(OC)cc2)c1N. The number of anilines is 5. The summed E-state index contributed by atoms with van der Waals surface area (Å²) in [7, 11) is 1.64. The first-order valence-electron chi connectivity index (χ1n) is 8.07. The quantitative estimate of drug-likeness (QED) is 0.710. The molecule has 0 unspecified atom stereocenters. The number of aromatic nitrogens is 2. The highest BCUT2D eigenvalue weighted by Gasteiger charge is 2.15. The van der Waals surface area contributed by atoms with Crippen molar-refractivity contribution in [3.8, 4) is 5.75 Å². The Bertz CT molecular complexity index is 821. The molecule has 0 aliphatic heterocycles. The van der Waals surface area contributed by atoms with Gasteiger partial charge in [0, 0.05) is 17.9 Å². The minimum absolute atomic E-state index is 0.504. The largest absolute Gasteiger partial charge is 0.497 e. The van der Waals surface area contributed by atoms with E-state index in [-0.39, 0.29) is 0 Å². The molecule has 3 rings (SSSR count). The lowest BCUT2D eigenvalue weighted by molar-refractivity contribution is 0.415. The number of methoxy groups -OCH3 is 1. The average Bonchev–Trinajstić information content (AvgIpc) is 2.67. The smallest absolute Gasteiger partial charge is 0.161 e. The van der Waals surface area contributed by atoms with Crippen LogP contribution in [0.4, 0.5) is 28.7 Å². The van der Waals surface area contributed by atoms with Crippen LogP contribution in [-0.2, 0) is 0 Å². The van der Waals surface area contributed by atoms with E-state index in [2.05, 4.69) is 27.1 Å². The number of nitrogens with zero attached hydrogens (tertiary/aromatic N) is 3. The van der Waals surface area contributed by atoms with E-state index in [4.69, 9.17) is 10.5 Å². The van der Waals surface area contributed by atoms with Crippen molar-refractivity contribution in [3.63, 3.8) is 0 Å². The second-order valence-corrected chi connectivity index (χ2v) is 5.39. The van der Waals surface area contributed by atoms with Crippen molar-refractivity contribution in [2.45, 2.75) is 6.92 Å². The van der Waals surface area contributed by atoms with E-state index in [1.807, 2.05) is 54.6 Å². The fraction of sp³-hybridized carbons (Fsp3) is 0.158. The molecule has 0 aliphatic carbocycles. The van der Waals surface area contributed by atoms with Crippen LogP contribution in [0.1, 0.15) is 6.92 Å². The highest BCUT2D eigenvalue weighted by molar-refractivity contribution is 5.81. The second-order valence-electron chi connectivity index (χ2n) is 5.39. The molecule has 128 valence electrons. The summed E-state index contributed by atoms with van der Waals surface area (Å²) in [6.45, 7) is 2.80. The van der Waals surface area contributed by atoms with Gasteiger partial charge in [-0.25, -0.2) is 9.97 Å². The Morgan fingerprint density at radius 2 is 1.76 bits per heavy atom. The van der Waals surface area contributed by atoms with E-state index in [0.29, 0.717) is 17.3 Å². The molecule has 1 heterocycles. The van der Waals surface area contributed by atoms with Crippen LogP contribution in [0, 0.1) is 0 Å². The van der Waals surface area contributed by atoms with Gasteiger partial charge in [0.2, 0.25) is 0 Å². The third-order valence-corrected chi connectivity index (χ3v) is 3.86. The summed E-state index contributed by atoms with van der Waals surface area (Å²) in [5.74, 6) is 2.05. The molecule has 6 heteroatoms. The number of nitrogen functional groups attached to an aromatic ring is 1. The summed E-state index contributed by atoms with van der Waals surface area (Å²) in [6.07, 6.45) is 1.52. The van der Waals surface area contributed by atoms with E-state index in [0.717, 1.165) is 23.7 Å². The lowest BCUT2D eigenvalue weighted by Gasteiger charge is -2.24. The molecule has 3 aromatic rings. The first-order chi connectivity index (χ1) is 12.2. The van der Waals surface area contributed by atoms with Crippen molar-refractivity contribution in [1.29, 1.82) is 0 Å². The van der Waals surface area contributed by atoms with Gasteiger partial charge in [-0.3, -0.25) is 0 Å². The van der Waals surface area contributed by atoms with Gasteiger partial charge in [-0.2, -0.15) is 0 Å². The van der Waals surface area contributed by atoms with E-state index >= 15 is 0 Å². The molecule has 0 aliphatic rings. The van der Waals surface area contributed by atoms with E-state index < -0.39 is 0 Å². The van der Waals surface area contributed by atoms with E-state index in [1.165, 1.54) is 6.33 Å². The zero-order valence-corrected chi connectivity index (χ0v) is 14.3. The molecule has 0 atom stereocenters. The number of ether oxygens (including phenoxy) is 1. The van der Waals surface area contributed by atoms with Gasteiger partial charge in [0.15, 0.2) is 11.6 Å². The number of rotatable bonds is 6. The molecular weight excluding hydrogens is 314 g/mol. The van der Waals surface area contributed by atoms with Crippen molar-refractivity contribution in [2.75, 3.05) is 29.6 Å².